The molecule has 0 radical (unpaired) electrons. The van der Waals surface area contributed by atoms with Gasteiger partial charge in [0.2, 0.25) is 0 Å². The van der Waals surface area contributed by atoms with E-state index in [4.69, 9.17) is 0 Å². The number of hydrogen-bond acceptors (Lipinski definition) is 4. The van der Waals surface area contributed by atoms with Crippen molar-refractivity contribution in [1.29, 1.82) is 0 Å². The molecule has 30 heavy (non-hydrogen) atoms. The molecule has 1 aliphatic rings. The van der Waals surface area contributed by atoms with Crippen LogP contribution in [0.3, 0.4) is 0 Å². The first-order valence-corrected chi connectivity index (χ1v) is 9.66. The number of nitrogens with zero attached hydrogens (tertiary/aromatic N) is 3. The summed E-state index contributed by atoms with van der Waals surface area (Å²) in [6, 6.07) is 31.1. The highest BCUT2D eigenvalue weighted by atomic mass is 16.6. The number of nitro groups is 1. The van der Waals surface area contributed by atoms with Crippen LogP contribution in [-0.4, -0.2) is 4.92 Å². The molecule has 5 nitrogen and oxygen atoms in total. The van der Waals surface area contributed by atoms with Gasteiger partial charge in [-0.25, -0.2) is 0 Å². The third-order valence-corrected chi connectivity index (χ3v) is 5.40. The third kappa shape index (κ3) is 2.97. The number of azo groups is 1. The molecule has 0 saturated heterocycles. The Bertz CT molecular complexity index is 1280. The van der Waals surface area contributed by atoms with Gasteiger partial charge in [-0.3, -0.25) is 10.1 Å². The van der Waals surface area contributed by atoms with Crippen LogP contribution in [0.25, 0.3) is 11.1 Å². The molecular weight excluding hydrogens is 374 g/mol. The summed E-state index contributed by atoms with van der Waals surface area (Å²) < 4.78 is 0. The van der Waals surface area contributed by atoms with E-state index in [9.17, 15) is 10.1 Å². The van der Waals surface area contributed by atoms with Crippen molar-refractivity contribution in [1.82, 2.24) is 0 Å². The molecule has 1 atom stereocenters. The van der Waals surface area contributed by atoms with Crippen LogP contribution in [0.4, 0.5) is 17.1 Å². The van der Waals surface area contributed by atoms with E-state index in [2.05, 4.69) is 46.6 Å². The number of benzene rings is 4. The Morgan fingerprint density at radius 3 is 2.13 bits per heavy atom. The zero-order chi connectivity index (χ0) is 20.5. The second kappa shape index (κ2) is 7.37. The van der Waals surface area contributed by atoms with Gasteiger partial charge < -0.3 is 0 Å². The van der Waals surface area contributed by atoms with Gasteiger partial charge in [0.25, 0.3) is 5.69 Å². The summed E-state index contributed by atoms with van der Waals surface area (Å²) in [4.78, 5) is 10.8. The lowest BCUT2D eigenvalue weighted by atomic mass is 9.89. The van der Waals surface area contributed by atoms with Crippen molar-refractivity contribution in [3.05, 3.63) is 124 Å². The van der Waals surface area contributed by atoms with Crippen LogP contribution in [-0.2, 0) is 0 Å². The first-order valence-electron chi connectivity index (χ1n) is 9.66. The maximum absolute atomic E-state index is 11.3. The molecule has 1 unspecified atom stereocenters. The highest BCUT2D eigenvalue weighted by Crippen LogP contribution is 2.51. The van der Waals surface area contributed by atoms with Crippen LogP contribution in [0.5, 0.6) is 0 Å². The molecule has 4 aromatic rings. The van der Waals surface area contributed by atoms with E-state index in [1.165, 1.54) is 22.8 Å². The normalized spacial score (nSPS) is 14.5. The fraction of sp³-hybridized carbons (Fsp3) is 0.0400. The van der Waals surface area contributed by atoms with Gasteiger partial charge in [0.1, 0.15) is 0 Å². The van der Waals surface area contributed by atoms with Gasteiger partial charge >= 0.3 is 0 Å². The van der Waals surface area contributed by atoms with E-state index in [0.717, 1.165) is 11.1 Å². The number of para-hydroxylation sites is 1. The minimum Gasteiger partial charge on any atom is -0.258 e. The van der Waals surface area contributed by atoms with Crippen molar-refractivity contribution < 1.29 is 4.92 Å². The van der Waals surface area contributed by atoms with E-state index in [1.54, 1.807) is 18.2 Å². The van der Waals surface area contributed by atoms with Crippen LogP contribution >= 0.6 is 0 Å². The van der Waals surface area contributed by atoms with Gasteiger partial charge in [-0.2, -0.15) is 0 Å². The van der Waals surface area contributed by atoms with E-state index < -0.39 is 4.92 Å². The summed E-state index contributed by atoms with van der Waals surface area (Å²) in [5.41, 5.74) is 6.66. The number of rotatable bonds is 4. The molecule has 1 aliphatic carbocycles. The Hall–Kier alpha value is -4.12. The summed E-state index contributed by atoms with van der Waals surface area (Å²) in [6.45, 7) is 0. The molecule has 0 saturated carbocycles. The summed E-state index contributed by atoms with van der Waals surface area (Å²) in [7, 11) is 0. The van der Waals surface area contributed by atoms with Crippen LogP contribution in [0.2, 0.25) is 0 Å². The Morgan fingerprint density at radius 1 is 0.667 bits per heavy atom. The van der Waals surface area contributed by atoms with Crippen LogP contribution in [0.1, 0.15) is 22.6 Å². The predicted molar refractivity (Wildman–Crippen MR) is 117 cm³/mol. The summed E-state index contributed by atoms with van der Waals surface area (Å²) in [5.74, 6) is 0.124. The molecule has 0 bridgehead atoms. The van der Waals surface area contributed by atoms with Crippen molar-refractivity contribution in [2.45, 2.75) is 5.92 Å². The number of fused-ring (bicyclic) bond motifs is 3. The lowest BCUT2D eigenvalue weighted by molar-refractivity contribution is -0.384. The molecule has 0 N–H and O–H groups in total. The lowest BCUT2D eigenvalue weighted by Crippen LogP contribution is -1.98. The molecule has 5 heteroatoms. The Kier molecular flexibility index (Phi) is 4.41. The van der Waals surface area contributed by atoms with Gasteiger partial charge in [0.05, 0.1) is 10.6 Å². The molecule has 5 rings (SSSR count). The Morgan fingerprint density at radius 2 is 1.30 bits per heavy atom. The average molecular weight is 391 g/mol. The molecule has 144 valence electrons. The largest absolute Gasteiger partial charge is 0.296 e. The predicted octanol–water partition coefficient (Wildman–Crippen LogP) is 7.17. The van der Waals surface area contributed by atoms with E-state index in [1.807, 2.05) is 36.4 Å². The molecule has 0 spiro atoms. The molecule has 0 heterocycles. The number of nitro benzene ring substituents is 1. The fourth-order valence-corrected chi connectivity index (χ4v) is 4.13. The van der Waals surface area contributed by atoms with Crippen LogP contribution in [0, 0.1) is 10.1 Å². The molecule has 0 aliphatic heterocycles. The molecule has 0 fully saturated rings. The quantitative estimate of drug-likeness (QED) is 0.185. The topological polar surface area (TPSA) is 67.9 Å². The zero-order valence-corrected chi connectivity index (χ0v) is 16.0. The Labute approximate surface area is 173 Å². The maximum Gasteiger partial charge on any atom is 0.296 e. The first-order chi connectivity index (χ1) is 14.7. The SMILES string of the molecule is O=[N+]([O-])c1ccccc1/N=N/c1cccc2c1-c1ccccc1C2c1ccccc1. The minimum atomic E-state index is -0.440. The van der Waals surface area contributed by atoms with Crippen LogP contribution in [0.15, 0.2) is 107 Å². The monoisotopic (exact) mass is 391 g/mol. The second-order valence-corrected chi connectivity index (χ2v) is 7.12. The maximum atomic E-state index is 11.3. The van der Waals surface area contributed by atoms with E-state index in [-0.39, 0.29) is 17.3 Å². The minimum absolute atomic E-state index is 0.0589. The third-order valence-electron chi connectivity index (χ3n) is 5.40. The lowest BCUT2D eigenvalue weighted by Gasteiger charge is -2.14. The van der Waals surface area contributed by atoms with Crippen molar-refractivity contribution in [3.8, 4) is 11.1 Å². The zero-order valence-electron chi connectivity index (χ0n) is 16.0. The highest BCUT2D eigenvalue weighted by Gasteiger charge is 2.31. The first kappa shape index (κ1) is 17.9. The smallest absolute Gasteiger partial charge is 0.258 e. The van der Waals surface area contributed by atoms with Crippen molar-refractivity contribution in [3.63, 3.8) is 0 Å². The summed E-state index contributed by atoms with van der Waals surface area (Å²) >= 11 is 0. The summed E-state index contributed by atoms with van der Waals surface area (Å²) in [6.07, 6.45) is 0. The second-order valence-electron chi connectivity index (χ2n) is 7.12. The van der Waals surface area contributed by atoms with Gasteiger partial charge in [-0.05, 0) is 34.4 Å². The summed E-state index contributed by atoms with van der Waals surface area (Å²) in [5, 5.41) is 20.0. The van der Waals surface area contributed by atoms with Crippen molar-refractivity contribution >= 4 is 17.1 Å². The molecule has 0 aromatic heterocycles. The van der Waals surface area contributed by atoms with E-state index in [0.29, 0.717) is 5.69 Å². The highest BCUT2D eigenvalue weighted by molar-refractivity contribution is 5.88. The molecular formula is C25H17N3O2. The van der Waals surface area contributed by atoms with Gasteiger partial charge in [0.15, 0.2) is 5.69 Å². The van der Waals surface area contributed by atoms with E-state index >= 15 is 0 Å². The van der Waals surface area contributed by atoms with Crippen molar-refractivity contribution in [2.24, 2.45) is 10.2 Å². The Balaban J connectivity index is 1.66. The van der Waals surface area contributed by atoms with Gasteiger partial charge in [-0.1, -0.05) is 78.9 Å². The van der Waals surface area contributed by atoms with Crippen molar-refractivity contribution in [2.75, 3.05) is 0 Å². The number of hydrogen-bond donors (Lipinski definition) is 0. The van der Waals surface area contributed by atoms with Gasteiger partial charge in [0, 0.05) is 17.5 Å². The van der Waals surface area contributed by atoms with Crippen LogP contribution < -0.4 is 0 Å². The molecule has 0 amide bonds. The van der Waals surface area contributed by atoms with Gasteiger partial charge in [-0.15, -0.1) is 10.2 Å². The fourth-order valence-electron chi connectivity index (χ4n) is 4.13. The molecule has 4 aromatic carbocycles. The standard InChI is InChI=1S/C25H17N3O2/c29-28(30)23-16-7-6-14-21(23)26-27-22-15-8-13-20-24(17-9-2-1-3-10-17)18-11-4-5-12-19(18)25(20)22/h1-16,24H/b27-26+. The average Bonchev–Trinajstić information content (AvgIpc) is 3.13.